The molecule has 2 rings (SSSR count). The standard InChI is InChI=1S/C25H39N7O6.2ClH/c1-17(2)16-37-21(33)10-12-27-24(35)28-20-11-13-32(23(20)34)19-8-6-18(7-9-19)22(26)29-38-25(36)31(5)15-14-30(3)4;;/h6-9,17,20H,10-16H2,1-5H3,(H2,26,29)(H2,27,28,35);2*1H/t20-;;/m0../s1. The molecule has 15 heteroatoms. The zero-order valence-electron chi connectivity index (χ0n) is 23.5. The number of esters is 1. The highest BCUT2D eigenvalue weighted by atomic mass is 35.5. The summed E-state index contributed by atoms with van der Waals surface area (Å²) >= 11 is 0. The highest BCUT2D eigenvalue weighted by Gasteiger charge is 2.33. The van der Waals surface area contributed by atoms with E-state index in [0.29, 0.717) is 43.9 Å². The van der Waals surface area contributed by atoms with Gasteiger partial charge in [0.05, 0.1) is 13.0 Å². The van der Waals surface area contributed by atoms with Gasteiger partial charge in [-0.3, -0.25) is 15.0 Å². The fourth-order valence-corrected chi connectivity index (χ4v) is 3.37. The van der Waals surface area contributed by atoms with Gasteiger partial charge in [-0.25, -0.2) is 9.59 Å². The van der Waals surface area contributed by atoms with Gasteiger partial charge in [0.25, 0.3) is 0 Å². The van der Waals surface area contributed by atoms with Gasteiger partial charge in [0.15, 0.2) is 5.84 Å². The Balaban J connectivity index is 0.00000760. The number of ether oxygens (including phenoxy) is 1. The van der Waals surface area contributed by atoms with Crippen LogP contribution in [0, 0.1) is 11.3 Å². The third-order valence-electron chi connectivity index (χ3n) is 5.61. The molecule has 0 saturated carbocycles. The van der Waals surface area contributed by atoms with Crippen molar-refractivity contribution in [2.75, 3.05) is 58.8 Å². The molecule has 226 valence electrons. The minimum Gasteiger partial charge on any atom is -0.465 e. The SMILES string of the molecule is CC(C)COC(=O)CCNC(=O)N[C@H]1CCN(c2ccc(C(=N)NOC(=O)N(C)CCN(C)C)cc2)C1=O.Cl.Cl. The number of anilines is 1. The lowest BCUT2D eigenvalue weighted by atomic mass is 10.2. The van der Waals surface area contributed by atoms with Crippen molar-refractivity contribution in [2.45, 2.75) is 32.7 Å². The lowest BCUT2D eigenvalue weighted by molar-refractivity contribution is -0.144. The first-order chi connectivity index (χ1) is 18.0. The second-order valence-corrected chi connectivity index (χ2v) is 9.67. The Hall–Kier alpha value is -3.29. The Kier molecular flexibility index (Phi) is 16.6. The molecule has 0 aromatic heterocycles. The number of amides is 4. The van der Waals surface area contributed by atoms with E-state index in [0.717, 1.165) is 0 Å². The molecule has 0 aliphatic carbocycles. The maximum absolute atomic E-state index is 12.8. The lowest BCUT2D eigenvalue weighted by Gasteiger charge is -2.19. The van der Waals surface area contributed by atoms with Crippen LogP contribution in [0.3, 0.4) is 0 Å². The lowest BCUT2D eigenvalue weighted by Crippen LogP contribution is -2.46. The van der Waals surface area contributed by atoms with Crippen LogP contribution < -0.4 is 21.0 Å². The molecular formula is C25H41Cl2N7O6. The van der Waals surface area contributed by atoms with Crippen LogP contribution in [-0.4, -0.2) is 99.6 Å². The summed E-state index contributed by atoms with van der Waals surface area (Å²) in [4.78, 5) is 58.5. The molecule has 4 amide bonds. The second-order valence-electron chi connectivity index (χ2n) is 9.67. The average Bonchev–Trinajstić information content (AvgIpc) is 3.23. The van der Waals surface area contributed by atoms with Crippen LogP contribution in [0.1, 0.15) is 32.3 Å². The molecule has 1 heterocycles. The van der Waals surface area contributed by atoms with E-state index in [4.69, 9.17) is 15.0 Å². The van der Waals surface area contributed by atoms with E-state index >= 15 is 0 Å². The molecule has 1 aliphatic rings. The van der Waals surface area contributed by atoms with Crippen LogP contribution in [0.2, 0.25) is 0 Å². The fraction of sp³-hybridized carbons (Fsp3) is 0.560. The number of halogens is 2. The van der Waals surface area contributed by atoms with Gasteiger partial charge in [0.2, 0.25) is 5.91 Å². The monoisotopic (exact) mass is 605 g/mol. The van der Waals surface area contributed by atoms with Crippen LogP contribution >= 0.6 is 24.8 Å². The van der Waals surface area contributed by atoms with Crippen LogP contribution in [0.5, 0.6) is 0 Å². The summed E-state index contributed by atoms with van der Waals surface area (Å²) < 4.78 is 5.06. The Morgan fingerprint density at radius 2 is 1.75 bits per heavy atom. The zero-order chi connectivity index (χ0) is 28.2. The van der Waals surface area contributed by atoms with E-state index in [9.17, 15) is 19.2 Å². The predicted octanol–water partition coefficient (Wildman–Crippen LogP) is 1.98. The van der Waals surface area contributed by atoms with Crippen LogP contribution in [0.15, 0.2) is 24.3 Å². The van der Waals surface area contributed by atoms with E-state index in [1.54, 1.807) is 36.2 Å². The summed E-state index contributed by atoms with van der Waals surface area (Å²) in [6.07, 6.45) is -0.128. The molecule has 4 N–H and O–H groups in total. The largest absolute Gasteiger partial charge is 0.465 e. The number of nitrogens with zero attached hydrogens (tertiary/aromatic N) is 3. The second kappa shape index (κ2) is 18.1. The van der Waals surface area contributed by atoms with Gasteiger partial charge in [0, 0.05) is 44.5 Å². The van der Waals surface area contributed by atoms with Crippen molar-refractivity contribution >= 4 is 60.3 Å². The molecule has 0 unspecified atom stereocenters. The molecular weight excluding hydrogens is 565 g/mol. The van der Waals surface area contributed by atoms with Gasteiger partial charge in [0.1, 0.15) is 6.04 Å². The maximum Gasteiger partial charge on any atom is 0.433 e. The minimum absolute atomic E-state index is 0. The van der Waals surface area contributed by atoms with E-state index in [-0.39, 0.29) is 61.4 Å². The summed E-state index contributed by atoms with van der Waals surface area (Å²) in [5.74, 6) is -0.518. The number of likely N-dealkylation sites (N-methyl/N-ethyl adjacent to an activating group) is 2. The van der Waals surface area contributed by atoms with Crippen molar-refractivity contribution < 1.29 is 28.8 Å². The van der Waals surface area contributed by atoms with Gasteiger partial charge in [-0.15, -0.1) is 24.8 Å². The Morgan fingerprint density at radius 3 is 2.35 bits per heavy atom. The topological polar surface area (TPSA) is 156 Å². The number of amidine groups is 1. The number of urea groups is 1. The first kappa shape index (κ1) is 36.7. The number of rotatable bonds is 11. The van der Waals surface area contributed by atoms with Gasteiger partial charge < -0.3 is 34.9 Å². The number of benzene rings is 1. The van der Waals surface area contributed by atoms with Crippen LogP contribution in [0.4, 0.5) is 15.3 Å². The van der Waals surface area contributed by atoms with Crippen molar-refractivity contribution in [3.05, 3.63) is 29.8 Å². The third-order valence-corrected chi connectivity index (χ3v) is 5.61. The highest BCUT2D eigenvalue weighted by molar-refractivity contribution is 6.02. The minimum atomic E-state index is -0.688. The van der Waals surface area contributed by atoms with Crippen molar-refractivity contribution in [3.8, 4) is 0 Å². The number of nitrogens with one attached hydrogen (secondary N) is 4. The third kappa shape index (κ3) is 12.3. The van der Waals surface area contributed by atoms with Crippen molar-refractivity contribution in [3.63, 3.8) is 0 Å². The fourth-order valence-electron chi connectivity index (χ4n) is 3.37. The van der Waals surface area contributed by atoms with E-state index in [2.05, 4.69) is 16.1 Å². The zero-order valence-corrected chi connectivity index (χ0v) is 25.2. The van der Waals surface area contributed by atoms with Gasteiger partial charge in [-0.2, -0.15) is 5.48 Å². The summed E-state index contributed by atoms with van der Waals surface area (Å²) in [5.41, 5.74) is 3.42. The molecule has 13 nitrogen and oxygen atoms in total. The summed E-state index contributed by atoms with van der Waals surface area (Å²) in [5, 5.41) is 13.3. The number of hydrogen-bond donors (Lipinski definition) is 4. The first-order valence-electron chi connectivity index (χ1n) is 12.5. The smallest absolute Gasteiger partial charge is 0.433 e. The number of carbonyl (C=O) groups is 4. The predicted molar refractivity (Wildman–Crippen MR) is 156 cm³/mol. The normalized spacial score (nSPS) is 14.1. The van der Waals surface area contributed by atoms with Gasteiger partial charge in [-0.1, -0.05) is 13.8 Å². The highest BCUT2D eigenvalue weighted by Crippen LogP contribution is 2.22. The molecule has 1 fully saturated rings. The Labute approximate surface area is 247 Å². The van der Waals surface area contributed by atoms with E-state index in [1.165, 1.54) is 4.90 Å². The molecule has 1 aromatic rings. The van der Waals surface area contributed by atoms with Gasteiger partial charge >= 0.3 is 18.1 Å². The molecule has 0 radical (unpaired) electrons. The average molecular weight is 607 g/mol. The van der Waals surface area contributed by atoms with E-state index < -0.39 is 18.2 Å². The summed E-state index contributed by atoms with van der Waals surface area (Å²) in [6, 6.07) is 5.41. The number of hydrogen-bond acceptors (Lipinski definition) is 8. The van der Waals surface area contributed by atoms with Crippen molar-refractivity contribution in [1.29, 1.82) is 5.41 Å². The van der Waals surface area contributed by atoms with Gasteiger partial charge in [-0.05, 0) is 50.7 Å². The number of hydroxylamine groups is 1. The maximum atomic E-state index is 12.8. The Morgan fingerprint density at radius 1 is 1.10 bits per heavy atom. The van der Waals surface area contributed by atoms with E-state index in [1.807, 2.05) is 32.8 Å². The molecule has 40 heavy (non-hydrogen) atoms. The molecule has 0 spiro atoms. The van der Waals surface area contributed by atoms with Crippen LogP contribution in [-0.2, 0) is 19.2 Å². The molecule has 1 atom stereocenters. The first-order valence-corrected chi connectivity index (χ1v) is 12.5. The summed E-state index contributed by atoms with van der Waals surface area (Å²) in [7, 11) is 5.41. The molecule has 0 bridgehead atoms. The van der Waals surface area contributed by atoms with Crippen molar-refractivity contribution in [2.24, 2.45) is 5.92 Å². The molecule has 1 aromatic carbocycles. The van der Waals surface area contributed by atoms with Crippen LogP contribution in [0.25, 0.3) is 0 Å². The van der Waals surface area contributed by atoms with Crippen molar-refractivity contribution in [1.82, 2.24) is 25.9 Å². The quantitative estimate of drug-likeness (QED) is 0.129. The Bertz CT molecular complexity index is 994. The summed E-state index contributed by atoms with van der Waals surface area (Å²) in [6.45, 7) is 5.88. The number of carbonyl (C=O) groups excluding carboxylic acids is 4. The molecule has 1 aliphatic heterocycles. The molecule has 1 saturated heterocycles.